The average Bonchev–Trinajstić information content (AvgIpc) is 3.26. The molecule has 10 heteroatoms. The maximum absolute atomic E-state index is 12.6. The van der Waals surface area contributed by atoms with Gasteiger partial charge in [0.05, 0.1) is 31.8 Å². The van der Waals surface area contributed by atoms with Crippen LogP contribution in [0.3, 0.4) is 0 Å². The number of benzene rings is 2. The molecule has 0 saturated carbocycles. The molecule has 1 saturated heterocycles. The molecule has 0 radical (unpaired) electrons. The van der Waals surface area contributed by atoms with E-state index in [-0.39, 0.29) is 28.7 Å². The number of methoxy groups -OCH3 is 2. The Hall–Kier alpha value is -2.72. The number of rotatable bonds is 7. The number of nitrogens with zero attached hydrogens (tertiary/aromatic N) is 1. The zero-order chi connectivity index (χ0) is 22.7. The number of fused-ring (bicyclic) bond motifs is 1. The van der Waals surface area contributed by atoms with E-state index in [1.54, 1.807) is 32.4 Å². The molecule has 1 fully saturated rings. The van der Waals surface area contributed by atoms with Gasteiger partial charge in [0.25, 0.3) is 5.91 Å². The van der Waals surface area contributed by atoms with E-state index in [1.165, 1.54) is 11.8 Å². The second-order valence-corrected chi connectivity index (χ2v) is 11.0. The van der Waals surface area contributed by atoms with Gasteiger partial charge < -0.3 is 20.1 Å². The topological polar surface area (TPSA) is 106 Å². The number of hydrogen-bond acceptors (Lipinski definition) is 8. The first-order chi connectivity index (χ1) is 15.4. The molecule has 2 aromatic carbocycles. The van der Waals surface area contributed by atoms with E-state index in [9.17, 15) is 13.2 Å². The maximum Gasteiger partial charge on any atom is 0.251 e. The third-order valence-corrected chi connectivity index (χ3v) is 8.51. The normalized spacial score (nSPS) is 20.9. The van der Waals surface area contributed by atoms with Crippen LogP contribution in [0.25, 0.3) is 0 Å². The molecule has 0 aromatic heterocycles. The van der Waals surface area contributed by atoms with Crippen molar-refractivity contribution in [2.24, 2.45) is 4.99 Å². The number of hydrogen-bond donors (Lipinski definition) is 2. The first-order valence-corrected chi connectivity index (χ1v) is 12.9. The lowest BCUT2D eigenvalue weighted by Crippen LogP contribution is -2.26. The van der Waals surface area contributed by atoms with Crippen LogP contribution in [0.5, 0.6) is 11.5 Å². The summed E-state index contributed by atoms with van der Waals surface area (Å²) < 4.78 is 34.0. The minimum Gasteiger partial charge on any atom is -0.497 e. The summed E-state index contributed by atoms with van der Waals surface area (Å²) in [5, 5.41) is 6.81. The minimum absolute atomic E-state index is 0.0241. The van der Waals surface area contributed by atoms with Crippen LogP contribution in [-0.2, 0) is 16.3 Å². The van der Waals surface area contributed by atoms with E-state index in [0.29, 0.717) is 29.4 Å². The summed E-state index contributed by atoms with van der Waals surface area (Å²) >= 11 is 1.45. The monoisotopic (exact) mass is 475 g/mol. The fourth-order valence-electron chi connectivity index (χ4n) is 3.75. The van der Waals surface area contributed by atoms with Crippen molar-refractivity contribution in [2.75, 3.05) is 37.6 Å². The molecule has 2 heterocycles. The molecule has 8 nitrogen and oxygen atoms in total. The van der Waals surface area contributed by atoms with E-state index in [2.05, 4.69) is 15.6 Å². The predicted molar refractivity (Wildman–Crippen MR) is 127 cm³/mol. The molecular formula is C22H25N3O5S2. The van der Waals surface area contributed by atoms with E-state index in [4.69, 9.17) is 9.47 Å². The molecule has 2 aromatic rings. The molecular weight excluding hydrogens is 450 g/mol. The molecule has 2 atom stereocenters. The van der Waals surface area contributed by atoms with Crippen LogP contribution in [0.1, 0.15) is 15.9 Å². The molecule has 170 valence electrons. The standard InChI is InChI=1S/C22H25N3O5S2/c1-29-17-7-6-14(19(11-17)30-2)8-9-23-21(26)15-4-3-5-16(10-15)24-22-25-18-12-32(27,28)13-20(18)31-22/h3-7,10-11,18,20H,8-9,12-13H2,1-2H3,(H,23,26)(H,24,25)/t18-,20+/m1/s1. The lowest BCUT2D eigenvalue weighted by molar-refractivity contribution is 0.0954. The lowest BCUT2D eigenvalue weighted by atomic mass is 10.1. The Morgan fingerprint density at radius 1 is 1.16 bits per heavy atom. The second kappa shape index (κ2) is 9.41. The van der Waals surface area contributed by atoms with Gasteiger partial charge in [-0.3, -0.25) is 9.79 Å². The van der Waals surface area contributed by atoms with Gasteiger partial charge in [-0.2, -0.15) is 0 Å². The molecule has 2 aliphatic heterocycles. The van der Waals surface area contributed by atoms with Crippen molar-refractivity contribution in [3.05, 3.63) is 53.6 Å². The number of sulfone groups is 1. The lowest BCUT2D eigenvalue weighted by Gasteiger charge is -2.12. The van der Waals surface area contributed by atoms with Crippen molar-refractivity contribution >= 4 is 38.4 Å². The molecule has 4 rings (SSSR count). The summed E-state index contributed by atoms with van der Waals surface area (Å²) in [5.41, 5.74) is 2.25. The van der Waals surface area contributed by atoms with E-state index >= 15 is 0 Å². The van der Waals surface area contributed by atoms with Gasteiger partial charge in [0.2, 0.25) is 0 Å². The first kappa shape index (κ1) is 22.5. The van der Waals surface area contributed by atoms with Crippen LogP contribution >= 0.6 is 11.8 Å². The molecule has 0 unspecified atom stereocenters. The highest BCUT2D eigenvalue weighted by atomic mass is 32.2. The maximum atomic E-state index is 12.6. The first-order valence-electron chi connectivity index (χ1n) is 10.2. The number of ether oxygens (including phenoxy) is 2. The molecule has 1 amide bonds. The van der Waals surface area contributed by atoms with E-state index < -0.39 is 9.84 Å². The van der Waals surface area contributed by atoms with Gasteiger partial charge in [-0.1, -0.05) is 23.9 Å². The van der Waals surface area contributed by atoms with Gasteiger partial charge in [0, 0.05) is 29.1 Å². The van der Waals surface area contributed by atoms with Crippen molar-refractivity contribution < 1.29 is 22.7 Å². The zero-order valence-corrected chi connectivity index (χ0v) is 19.5. The fraction of sp³-hybridized carbons (Fsp3) is 0.364. The van der Waals surface area contributed by atoms with Gasteiger partial charge >= 0.3 is 0 Å². The average molecular weight is 476 g/mol. The predicted octanol–water partition coefficient (Wildman–Crippen LogP) is 2.36. The smallest absolute Gasteiger partial charge is 0.251 e. The van der Waals surface area contributed by atoms with E-state index in [1.807, 2.05) is 24.3 Å². The summed E-state index contributed by atoms with van der Waals surface area (Å²) in [6.07, 6.45) is 0.621. The largest absolute Gasteiger partial charge is 0.497 e. The molecule has 0 aliphatic carbocycles. The Labute approximate surface area is 191 Å². The quantitative estimate of drug-likeness (QED) is 0.633. The molecule has 32 heavy (non-hydrogen) atoms. The zero-order valence-electron chi connectivity index (χ0n) is 17.8. The highest BCUT2D eigenvalue weighted by molar-refractivity contribution is 8.15. The number of nitrogens with one attached hydrogen (secondary N) is 2. The Bertz CT molecular complexity index is 1150. The molecule has 2 N–H and O–H groups in total. The van der Waals surface area contributed by atoms with Crippen molar-refractivity contribution in [2.45, 2.75) is 17.7 Å². The number of anilines is 1. The van der Waals surface area contributed by atoms with Crippen LogP contribution < -0.4 is 20.1 Å². The van der Waals surface area contributed by atoms with Gasteiger partial charge in [0.1, 0.15) is 11.5 Å². The van der Waals surface area contributed by atoms with Gasteiger partial charge in [-0.05, 0) is 36.2 Å². The molecule has 2 aliphatic rings. The SMILES string of the molecule is COc1ccc(CCNC(=O)c2cccc(NC3=N[C@@H]4CS(=O)(=O)C[C@@H]4S3)c2)c(OC)c1. The third-order valence-electron chi connectivity index (χ3n) is 5.37. The Kier molecular flexibility index (Phi) is 6.61. The van der Waals surface area contributed by atoms with Gasteiger partial charge in [-0.25, -0.2) is 8.42 Å². The van der Waals surface area contributed by atoms with Crippen LogP contribution in [0.15, 0.2) is 47.5 Å². The Morgan fingerprint density at radius 3 is 2.75 bits per heavy atom. The highest BCUT2D eigenvalue weighted by Gasteiger charge is 2.42. The molecule has 0 spiro atoms. The summed E-state index contributed by atoms with van der Waals surface area (Å²) in [6, 6.07) is 12.6. The second-order valence-electron chi connectivity index (χ2n) is 7.62. The van der Waals surface area contributed by atoms with Crippen LogP contribution in [0.4, 0.5) is 5.69 Å². The number of carbonyl (C=O) groups is 1. The van der Waals surface area contributed by atoms with Gasteiger partial charge in [0.15, 0.2) is 15.0 Å². The number of aliphatic imine (C=N–C) groups is 1. The Balaban J connectivity index is 1.33. The van der Waals surface area contributed by atoms with Crippen molar-refractivity contribution in [3.8, 4) is 11.5 Å². The molecule has 0 bridgehead atoms. The van der Waals surface area contributed by atoms with E-state index in [0.717, 1.165) is 17.0 Å². The number of carbonyl (C=O) groups excluding carboxylic acids is 1. The number of amides is 1. The minimum atomic E-state index is -2.98. The summed E-state index contributed by atoms with van der Waals surface area (Å²) in [5.74, 6) is 1.53. The van der Waals surface area contributed by atoms with Crippen molar-refractivity contribution in [1.29, 1.82) is 0 Å². The Morgan fingerprint density at radius 2 is 2.00 bits per heavy atom. The van der Waals surface area contributed by atoms with Crippen LogP contribution in [-0.4, -0.2) is 63.1 Å². The number of amidine groups is 1. The highest BCUT2D eigenvalue weighted by Crippen LogP contribution is 2.34. The number of thioether (sulfide) groups is 1. The van der Waals surface area contributed by atoms with Crippen molar-refractivity contribution in [1.82, 2.24) is 5.32 Å². The summed E-state index contributed by atoms with van der Waals surface area (Å²) in [7, 11) is 0.229. The third kappa shape index (κ3) is 5.18. The van der Waals surface area contributed by atoms with Crippen LogP contribution in [0.2, 0.25) is 0 Å². The summed E-state index contributed by atoms with van der Waals surface area (Å²) in [6.45, 7) is 0.458. The van der Waals surface area contributed by atoms with Crippen LogP contribution in [0, 0.1) is 0 Å². The van der Waals surface area contributed by atoms with Crippen molar-refractivity contribution in [3.63, 3.8) is 0 Å². The fourth-order valence-corrected chi connectivity index (χ4v) is 7.42. The van der Waals surface area contributed by atoms with Gasteiger partial charge in [-0.15, -0.1) is 0 Å². The summed E-state index contributed by atoms with van der Waals surface area (Å²) in [4.78, 5) is 17.1.